The molecule has 0 aromatic heterocycles. The third-order valence-corrected chi connectivity index (χ3v) is 4.19. The van der Waals surface area contributed by atoms with Gasteiger partial charge in [0.2, 0.25) is 0 Å². The molecule has 6 heteroatoms. The van der Waals surface area contributed by atoms with E-state index >= 15 is 0 Å². The minimum Gasteiger partial charge on any atom is -0.321 e. The van der Waals surface area contributed by atoms with E-state index in [1.807, 2.05) is 36.4 Å². The lowest BCUT2D eigenvalue weighted by Gasteiger charge is -2.10. The summed E-state index contributed by atoms with van der Waals surface area (Å²) in [5, 5.41) is 7.20. The van der Waals surface area contributed by atoms with E-state index < -0.39 is 5.91 Å². The summed E-state index contributed by atoms with van der Waals surface area (Å²) in [4.78, 5) is 24.9. The standard InChI is InChI=1S/C23H18ClN3O2/c24-19-14-12-18(13-15-19)22(28)26-21-11-5-4-10-20(21)23(29)27-25-16-6-9-17-7-2-1-3-8-17/h1-16H,(H,26,28)(H,27,29)/b9-6+,25-16+. The number of rotatable bonds is 6. The number of hydrazone groups is 1. The van der Waals surface area contributed by atoms with Crippen molar-refractivity contribution in [1.82, 2.24) is 5.43 Å². The van der Waals surface area contributed by atoms with Crippen molar-refractivity contribution in [2.75, 3.05) is 5.32 Å². The normalized spacial score (nSPS) is 10.9. The van der Waals surface area contributed by atoms with Crippen LogP contribution >= 0.6 is 11.6 Å². The highest BCUT2D eigenvalue weighted by Crippen LogP contribution is 2.17. The molecule has 0 radical (unpaired) electrons. The van der Waals surface area contributed by atoms with Gasteiger partial charge in [0.1, 0.15) is 0 Å². The molecule has 0 aliphatic rings. The Kier molecular flexibility index (Phi) is 6.92. The molecule has 0 aliphatic heterocycles. The summed E-state index contributed by atoms with van der Waals surface area (Å²) in [6.45, 7) is 0. The minimum atomic E-state index is -0.429. The summed E-state index contributed by atoms with van der Waals surface area (Å²) in [7, 11) is 0. The fourth-order valence-electron chi connectivity index (χ4n) is 2.50. The summed E-state index contributed by atoms with van der Waals surface area (Å²) in [6, 6.07) is 22.9. The number of amides is 2. The molecule has 0 atom stereocenters. The molecule has 2 N–H and O–H groups in total. The maximum atomic E-state index is 12.4. The zero-order valence-electron chi connectivity index (χ0n) is 15.4. The number of carbonyl (C=O) groups excluding carboxylic acids is 2. The Morgan fingerprint density at radius 1 is 0.828 bits per heavy atom. The fraction of sp³-hybridized carbons (Fsp3) is 0. The van der Waals surface area contributed by atoms with Crippen LogP contribution in [0, 0.1) is 0 Å². The summed E-state index contributed by atoms with van der Waals surface area (Å²) < 4.78 is 0. The highest BCUT2D eigenvalue weighted by atomic mass is 35.5. The topological polar surface area (TPSA) is 70.6 Å². The van der Waals surface area contributed by atoms with Crippen molar-refractivity contribution in [2.24, 2.45) is 5.10 Å². The van der Waals surface area contributed by atoms with Gasteiger partial charge in [-0.3, -0.25) is 9.59 Å². The molecule has 0 unspecified atom stereocenters. The average molecular weight is 404 g/mol. The van der Waals surface area contributed by atoms with Crippen LogP contribution in [0.25, 0.3) is 6.08 Å². The zero-order valence-corrected chi connectivity index (χ0v) is 16.1. The highest BCUT2D eigenvalue weighted by Gasteiger charge is 2.13. The molecule has 29 heavy (non-hydrogen) atoms. The molecule has 0 saturated heterocycles. The van der Waals surface area contributed by atoms with E-state index in [2.05, 4.69) is 15.8 Å². The lowest BCUT2D eigenvalue weighted by atomic mass is 10.1. The summed E-state index contributed by atoms with van der Waals surface area (Å²) >= 11 is 5.85. The van der Waals surface area contributed by atoms with Gasteiger partial charge in [-0.25, -0.2) is 5.43 Å². The van der Waals surface area contributed by atoms with Crippen LogP contribution in [-0.4, -0.2) is 18.0 Å². The Labute approximate surface area is 173 Å². The lowest BCUT2D eigenvalue weighted by molar-refractivity contribution is 0.0956. The maximum absolute atomic E-state index is 12.4. The van der Waals surface area contributed by atoms with Crippen LogP contribution < -0.4 is 10.7 Å². The molecule has 2 amide bonds. The third-order valence-electron chi connectivity index (χ3n) is 3.94. The molecule has 0 fully saturated rings. The molecule has 3 rings (SSSR count). The van der Waals surface area contributed by atoms with Crippen molar-refractivity contribution in [3.8, 4) is 0 Å². The first-order chi connectivity index (χ1) is 14.1. The number of nitrogens with one attached hydrogen (secondary N) is 2. The first kappa shape index (κ1) is 20.0. The second kappa shape index (κ2) is 10.0. The SMILES string of the molecule is O=C(Nc1ccccc1C(=O)N/N=C/C=C/c1ccccc1)c1ccc(Cl)cc1. The van der Waals surface area contributed by atoms with Gasteiger partial charge in [0.15, 0.2) is 0 Å². The van der Waals surface area contributed by atoms with E-state index in [4.69, 9.17) is 11.6 Å². The molecule has 144 valence electrons. The second-order valence-electron chi connectivity index (χ2n) is 6.00. The molecular weight excluding hydrogens is 386 g/mol. The number of nitrogens with zero attached hydrogens (tertiary/aromatic N) is 1. The van der Waals surface area contributed by atoms with Crippen LogP contribution in [0.4, 0.5) is 5.69 Å². The van der Waals surface area contributed by atoms with Gasteiger partial charge in [-0.1, -0.05) is 60.1 Å². The first-order valence-electron chi connectivity index (χ1n) is 8.84. The predicted molar refractivity (Wildman–Crippen MR) is 117 cm³/mol. The van der Waals surface area contributed by atoms with Gasteiger partial charge in [-0.2, -0.15) is 5.10 Å². The molecule has 3 aromatic carbocycles. The monoisotopic (exact) mass is 403 g/mol. The average Bonchev–Trinajstić information content (AvgIpc) is 2.75. The fourth-order valence-corrected chi connectivity index (χ4v) is 2.63. The second-order valence-corrected chi connectivity index (χ2v) is 6.43. The van der Waals surface area contributed by atoms with Crippen LogP contribution in [0.1, 0.15) is 26.3 Å². The van der Waals surface area contributed by atoms with Crippen LogP contribution in [-0.2, 0) is 0 Å². The van der Waals surface area contributed by atoms with E-state index in [0.717, 1.165) is 5.56 Å². The minimum absolute atomic E-state index is 0.305. The Morgan fingerprint density at radius 3 is 2.28 bits per heavy atom. The van der Waals surface area contributed by atoms with Gasteiger partial charge in [-0.05, 0) is 48.0 Å². The molecular formula is C23H18ClN3O2. The Morgan fingerprint density at radius 2 is 1.52 bits per heavy atom. The maximum Gasteiger partial charge on any atom is 0.273 e. The Hall–Kier alpha value is -3.70. The van der Waals surface area contributed by atoms with Gasteiger partial charge in [0.05, 0.1) is 11.3 Å². The third kappa shape index (κ3) is 5.89. The van der Waals surface area contributed by atoms with Crippen LogP contribution in [0.15, 0.2) is 90.0 Å². The van der Waals surface area contributed by atoms with E-state index in [1.165, 1.54) is 6.21 Å². The first-order valence-corrected chi connectivity index (χ1v) is 9.22. The number of anilines is 1. The van der Waals surface area contributed by atoms with Crippen molar-refractivity contribution >= 4 is 41.4 Å². The number of hydrogen-bond donors (Lipinski definition) is 2. The molecule has 5 nitrogen and oxygen atoms in total. The Balaban J connectivity index is 1.64. The quantitative estimate of drug-likeness (QED) is 0.448. The summed E-state index contributed by atoms with van der Waals surface area (Å²) in [6.07, 6.45) is 5.08. The van der Waals surface area contributed by atoms with Crippen molar-refractivity contribution in [2.45, 2.75) is 0 Å². The van der Waals surface area contributed by atoms with E-state index in [1.54, 1.807) is 54.6 Å². The van der Waals surface area contributed by atoms with Gasteiger partial charge < -0.3 is 5.32 Å². The molecule has 0 bridgehead atoms. The van der Waals surface area contributed by atoms with Crippen molar-refractivity contribution in [3.05, 3.63) is 107 Å². The van der Waals surface area contributed by atoms with Gasteiger partial charge >= 0.3 is 0 Å². The molecule has 0 heterocycles. The molecule has 3 aromatic rings. The summed E-state index contributed by atoms with van der Waals surface area (Å²) in [5.41, 5.74) is 4.62. The zero-order chi connectivity index (χ0) is 20.5. The van der Waals surface area contributed by atoms with Crippen LogP contribution in [0.2, 0.25) is 5.02 Å². The number of allylic oxidation sites excluding steroid dienone is 1. The van der Waals surface area contributed by atoms with Crippen molar-refractivity contribution in [1.29, 1.82) is 0 Å². The number of benzene rings is 3. The molecule has 0 spiro atoms. The van der Waals surface area contributed by atoms with Crippen LogP contribution in [0.3, 0.4) is 0 Å². The molecule has 0 aliphatic carbocycles. The van der Waals surface area contributed by atoms with Gasteiger partial charge in [0, 0.05) is 16.8 Å². The lowest BCUT2D eigenvalue weighted by Crippen LogP contribution is -2.21. The van der Waals surface area contributed by atoms with E-state index in [0.29, 0.717) is 21.8 Å². The smallest absolute Gasteiger partial charge is 0.273 e. The molecule has 0 saturated carbocycles. The Bertz CT molecular complexity index is 1050. The number of carbonyl (C=O) groups is 2. The van der Waals surface area contributed by atoms with Gasteiger partial charge in [0.25, 0.3) is 11.8 Å². The van der Waals surface area contributed by atoms with E-state index in [9.17, 15) is 9.59 Å². The highest BCUT2D eigenvalue weighted by molar-refractivity contribution is 6.30. The van der Waals surface area contributed by atoms with Crippen molar-refractivity contribution < 1.29 is 9.59 Å². The number of halogens is 1. The number of hydrogen-bond acceptors (Lipinski definition) is 3. The number of para-hydroxylation sites is 1. The largest absolute Gasteiger partial charge is 0.321 e. The predicted octanol–water partition coefficient (Wildman–Crippen LogP) is 5.02. The van der Waals surface area contributed by atoms with Crippen LogP contribution in [0.5, 0.6) is 0 Å². The van der Waals surface area contributed by atoms with Gasteiger partial charge in [-0.15, -0.1) is 0 Å². The van der Waals surface area contributed by atoms with Crippen molar-refractivity contribution in [3.63, 3.8) is 0 Å². The summed E-state index contributed by atoms with van der Waals surface area (Å²) in [5.74, 6) is -0.766. The van der Waals surface area contributed by atoms with E-state index in [-0.39, 0.29) is 5.91 Å².